The van der Waals surface area contributed by atoms with Crippen LogP contribution in [0.1, 0.15) is 6.92 Å². The zero-order valence-corrected chi connectivity index (χ0v) is 15.6. The number of thiazole rings is 1. The van der Waals surface area contributed by atoms with Crippen LogP contribution in [-0.4, -0.2) is 50.6 Å². The van der Waals surface area contributed by atoms with E-state index in [4.69, 9.17) is 9.47 Å². The number of methoxy groups -OCH3 is 2. The minimum Gasteiger partial charge on any atom is -0.497 e. The molecule has 8 nitrogen and oxygen atoms in total. The third-order valence-corrected chi connectivity index (χ3v) is 5.92. The number of aromatic nitrogens is 1. The van der Waals surface area contributed by atoms with Gasteiger partial charge in [0.2, 0.25) is 15.0 Å². The van der Waals surface area contributed by atoms with Crippen LogP contribution >= 0.6 is 11.3 Å². The molecule has 1 heterocycles. The second-order valence-electron chi connectivity index (χ2n) is 5.12. The van der Waals surface area contributed by atoms with Gasteiger partial charge in [0, 0.05) is 20.6 Å². The molecule has 0 N–H and O–H groups in total. The fraction of sp³-hybridized carbons (Fsp3) is 0.400. The van der Waals surface area contributed by atoms with Crippen molar-refractivity contribution < 1.29 is 27.5 Å². The summed E-state index contributed by atoms with van der Waals surface area (Å²) in [4.78, 5) is 27.3. The van der Waals surface area contributed by atoms with E-state index >= 15 is 0 Å². The summed E-state index contributed by atoms with van der Waals surface area (Å²) in [7, 11) is -1.01. The predicted molar refractivity (Wildman–Crippen MR) is 93.3 cm³/mol. The van der Waals surface area contributed by atoms with Crippen LogP contribution in [0.3, 0.4) is 0 Å². The Balaban J connectivity index is 2.50. The van der Waals surface area contributed by atoms with Gasteiger partial charge in [0.25, 0.3) is 5.91 Å². The molecule has 0 radical (unpaired) electrons. The third kappa shape index (κ3) is 4.53. The number of hydrogen-bond acceptors (Lipinski definition) is 7. The van der Waals surface area contributed by atoms with E-state index in [1.54, 1.807) is 30.9 Å². The highest BCUT2D eigenvalue weighted by atomic mass is 32.2. The van der Waals surface area contributed by atoms with E-state index in [-0.39, 0.29) is 0 Å². The van der Waals surface area contributed by atoms with Gasteiger partial charge in [-0.3, -0.25) is 9.59 Å². The van der Waals surface area contributed by atoms with Gasteiger partial charge in [0.1, 0.15) is 11.5 Å². The molecule has 0 aliphatic heterocycles. The average Bonchev–Trinajstić information content (AvgIpc) is 2.87. The number of benzene rings is 1. The van der Waals surface area contributed by atoms with Crippen LogP contribution < -0.4 is 9.54 Å². The van der Waals surface area contributed by atoms with Crippen LogP contribution in [0.15, 0.2) is 23.2 Å². The monoisotopic (exact) mass is 386 g/mol. The number of amides is 1. The van der Waals surface area contributed by atoms with Crippen molar-refractivity contribution in [3.05, 3.63) is 23.0 Å². The lowest BCUT2D eigenvalue weighted by atomic mass is 10.3. The van der Waals surface area contributed by atoms with Gasteiger partial charge in [0.05, 0.1) is 23.9 Å². The first-order valence-corrected chi connectivity index (χ1v) is 9.72. The van der Waals surface area contributed by atoms with Crippen molar-refractivity contribution in [2.45, 2.75) is 13.5 Å². The summed E-state index contributed by atoms with van der Waals surface area (Å²) in [5.74, 6) is -1.17. The Hall–Kier alpha value is -2.04. The number of carbonyl (C=O) groups is 2. The molecule has 0 saturated carbocycles. The lowest BCUT2D eigenvalue weighted by molar-refractivity contribution is -0.116. The number of nitrogens with zero attached hydrogens (tertiary/aromatic N) is 2. The Kier molecular flexibility index (Phi) is 6.09. The van der Waals surface area contributed by atoms with E-state index in [9.17, 15) is 18.0 Å². The molecule has 0 bridgehead atoms. The summed E-state index contributed by atoms with van der Waals surface area (Å²) in [6.45, 7) is 1.74. The zero-order chi connectivity index (χ0) is 18.6. The van der Waals surface area contributed by atoms with Crippen LogP contribution in [0, 0.1) is 0 Å². The average molecular weight is 386 g/mol. The lowest BCUT2D eigenvalue weighted by Gasteiger charge is -2.05. The molecule has 0 atom stereocenters. The van der Waals surface area contributed by atoms with Crippen molar-refractivity contribution in [2.24, 2.45) is 4.99 Å². The van der Waals surface area contributed by atoms with Gasteiger partial charge >= 0.3 is 0 Å². The number of hydrogen-bond donors (Lipinski definition) is 0. The summed E-state index contributed by atoms with van der Waals surface area (Å²) >= 11 is 1.23. The van der Waals surface area contributed by atoms with E-state index in [1.807, 2.05) is 6.07 Å². The fourth-order valence-electron chi connectivity index (χ4n) is 2.07. The highest BCUT2D eigenvalue weighted by molar-refractivity contribution is 8.06. The minimum absolute atomic E-state index is 0.337. The normalized spacial score (nSPS) is 12.5. The van der Waals surface area contributed by atoms with Crippen molar-refractivity contribution in [1.29, 1.82) is 0 Å². The van der Waals surface area contributed by atoms with Gasteiger partial charge < -0.3 is 14.0 Å². The van der Waals surface area contributed by atoms with Gasteiger partial charge in [-0.05, 0) is 18.2 Å². The molecule has 10 heteroatoms. The first kappa shape index (κ1) is 19.3. The van der Waals surface area contributed by atoms with Gasteiger partial charge in [0.15, 0.2) is 4.80 Å². The van der Waals surface area contributed by atoms with Crippen LogP contribution in [0.4, 0.5) is 0 Å². The molecule has 136 valence electrons. The maximum Gasteiger partial charge on any atom is 0.264 e. The van der Waals surface area contributed by atoms with Crippen LogP contribution in [0.25, 0.3) is 10.2 Å². The Morgan fingerprint density at radius 1 is 1.28 bits per heavy atom. The quantitative estimate of drug-likeness (QED) is 0.725. The standard InChI is InChI=1S/C15H18N2O6S2/c1-10(18)25(20,21)9-14(19)16-15-17(6-7-22-2)12-5-4-11(23-3)8-13(12)24-15/h4-5,8H,6-7,9H2,1-3H3. The molecule has 0 spiro atoms. The van der Waals surface area contributed by atoms with Crippen molar-refractivity contribution in [3.63, 3.8) is 0 Å². The topological polar surface area (TPSA) is 104 Å². The van der Waals surface area contributed by atoms with Crippen molar-refractivity contribution in [2.75, 3.05) is 26.6 Å². The molecule has 1 amide bonds. The van der Waals surface area contributed by atoms with E-state index < -0.39 is 26.6 Å². The summed E-state index contributed by atoms with van der Waals surface area (Å²) in [5.41, 5.74) is 0.823. The predicted octanol–water partition coefficient (Wildman–Crippen LogP) is 0.746. The third-order valence-electron chi connectivity index (χ3n) is 3.38. The van der Waals surface area contributed by atoms with Crippen molar-refractivity contribution in [3.8, 4) is 5.75 Å². The highest BCUT2D eigenvalue weighted by Gasteiger charge is 2.21. The molecule has 0 aliphatic rings. The van der Waals surface area contributed by atoms with Gasteiger partial charge in [-0.15, -0.1) is 0 Å². The van der Waals surface area contributed by atoms with E-state index in [0.29, 0.717) is 23.7 Å². The fourth-order valence-corrected chi connectivity index (χ4v) is 3.76. The van der Waals surface area contributed by atoms with Gasteiger partial charge in [-0.25, -0.2) is 8.42 Å². The number of sulfone groups is 1. The first-order valence-electron chi connectivity index (χ1n) is 7.25. The minimum atomic E-state index is -4.12. The van der Waals surface area contributed by atoms with E-state index in [0.717, 1.165) is 17.1 Å². The molecule has 0 fully saturated rings. The SMILES string of the molecule is COCCn1c(=NC(=O)CS(=O)(=O)C(C)=O)sc2cc(OC)ccc21. The molecular formula is C15H18N2O6S2. The maximum atomic E-state index is 12.0. The Morgan fingerprint density at radius 2 is 2.00 bits per heavy atom. The summed E-state index contributed by atoms with van der Waals surface area (Å²) in [6, 6.07) is 5.42. The highest BCUT2D eigenvalue weighted by Crippen LogP contribution is 2.23. The Labute approximate surface area is 148 Å². The lowest BCUT2D eigenvalue weighted by Crippen LogP contribution is -2.24. The second-order valence-corrected chi connectivity index (χ2v) is 8.22. The summed E-state index contributed by atoms with van der Waals surface area (Å²) in [5, 5.41) is -1.05. The molecule has 1 aromatic carbocycles. The smallest absolute Gasteiger partial charge is 0.264 e. The number of rotatable bonds is 6. The zero-order valence-electron chi connectivity index (χ0n) is 14.0. The largest absolute Gasteiger partial charge is 0.497 e. The van der Waals surface area contributed by atoms with Gasteiger partial charge in [-0.2, -0.15) is 4.99 Å². The van der Waals surface area contributed by atoms with Crippen LogP contribution in [-0.2, 0) is 30.7 Å². The second kappa shape index (κ2) is 7.89. The maximum absolute atomic E-state index is 12.0. The Bertz CT molecular complexity index is 972. The van der Waals surface area contributed by atoms with Crippen LogP contribution in [0.5, 0.6) is 5.75 Å². The number of carbonyl (C=O) groups excluding carboxylic acids is 2. The number of ether oxygens (including phenoxy) is 2. The van der Waals surface area contributed by atoms with Crippen LogP contribution in [0.2, 0.25) is 0 Å². The molecule has 2 rings (SSSR count). The number of fused-ring (bicyclic) bond motifs is 1. The molecular weight excluding hydrogens is 368 g/mol. The summed E-state index contributed by atoms with van der Waals surface area (Å²) < 4.78 is 36.0. The molecule has 1 aromatic heterocycles. The molecule has 0 unspecified atom stereocenters. The van der Waals surface area contributed by atoms with Crippen molar-refractivity contribution in [1.82, 2.24) is 4.57 Å². The van der Waals surface area contributed by atoms with E-state index in [1.165, 1.54) is 11.3 Å². The van der Waals surface area contributed by atoms with Crippen molar-refractivity contribution >= 4 is 42.4 Å². The molecule has 0 saturated heterocycles. The van der Waals surface area contributed by atoms with Gasteiger partial charge in [-0.1, -0.05) is 11.3 Å². The molecule has 0 aliphatic carbocycles. The molecule has 25 heavy (non-hydrogen) atoms. The molecule has 2 aromatic rings. The first-order chi connectivity index (χ1) is 11.8. The Morgan fingerprint density at radius 3 is 2.60 bits per heavy atom. The van der Waals surface area contributed by atoms with E-state index in [2.05, 4.69) is 4.99 Å². The summed E-state index contributed by atoms with van der Waals surface area (Å²) in [6.07, 6.45) is 0.